The van der Waals surface area contributed by atoms with E-state index in [4.69, 9.17) is 8.83 Å². The molecule has 3 aromatic rings. The summed E-state index contributed by atoms with van der Waals surface area (Å²) in [4.78, 5) is 19.3. The first-order valence-electron chi connectivity index (χ1n) is 8.57. The summed E-state index contributed by atoms with van der Waals surface area (Å²) in [5.74, 6) is 1.41. The highest BCUT2D eigenvalue weighted by Gasteiger charge is 2.37. The van der Waals surface area contributed by atoms with E-state index in [0.717, 1.165) is 24.2 Å². The zero-order chi connectivity index (χ0) is 17.2. The lowest BCUT2D eigenvalue weighted by atomic mass is 10.2. The van der Waals surface area contributed by atoms with Crippen LogP contribution in [0.5, 0.6) is 0 Å². The van der Waals surface area contributed by atoms with E-state index in [1.165, 1.54) is 0 Å². The van der Waals surface area contributed by atoms with Crippen LogP contribution >= 0.6 is 0 Å². The third-order valence-corrected chi connectivity index (χ3v) is 4.51. The quantitative estimate of drug-likeness (QED) is 0.676. The van der Waals surface area contributed by atoms with Gasteiger partial charge in [0, 0.05) is 11.6 Å². The summed E-state index contributed by atoms with van der Waals surface area (Å²) in [6.07, 6.45) is 5.54. The van der Waals surface area contributed by atoms with E-state index < -0.39 is 0 Å². The van der Waals surface area contributed by atoms with Gasteiger partial charge in [-0.3, -0.25) is 4.79 Å². The second-order valence-electron chi connectivity index (χ2n) is 6.41. The van der Waals surface area contributed by atoms with Gasteiger partial charge in [0.25, 0.3) is 0 Å². The number of benzene rings is 1. The molecule has 1 fully saturated rings. The molecule has 1 atom stereocenters. The lowest BCUT2D eigenvalue weighted by Crippen LogP contribution is -2.36. The molecule has 1 aromatic carbocycles. The molecule has 2 aromatic heterocycles. The molecule has 1 aliphatic rings. The summed E-state index contributed by atoms with van der Waals surface area (Å²) in [5, 5.41) is 0. The number of hydrogen-bond donors (Lipinski definition) is 0. The van der Waals surface area contributed by atoms with Crippen molar-refractivity contribution >= 4 is 5.91 Å². The highest BCUT2D eigenvalue weighted by Crippen LogP contribution is 2.35. The van der Waals surface area contributed by atoms with Crippen LogP contribution in [0.25, 0.3) is 11.5 Å². The summed E-state index contributed by atoms with van der Waals surface area (Å²) in [5.41, 5.74) is 1.56. The molecule has 0 unspecified atom stereocenters. The number of carbonyl (C=O) groups is 1. The molecule has 2 heterocycles. The molecule has 0 saturated heterocycles. The third-order valence-electron chi connectivity index (χ3n) is 4.51. The maximum Gasteiger partial charge on any atom is 0.229 e. The van der Waals surface area contributed by atoms with E-state index in [-0.39, 0.29) is 18.4 Å². The lowest BCUT2D eigenvalue weighted by molar-refractivity contribution is -0.133. The monoisotopic (exact) mass is 336 g/mol. The van der Waals surface area contributed by atoms with E-state index in [0.29, 0.717) is 17.6 Å². The van der Waals surface area contributed by atoms with Crippen LogP contribution in [0.3, 0.4) is 0 Å². The van der Waals surface area contributed by atoms with Gasteiger partial charge < -0.3 is 13.7 Å². The second kappa shape index (κ2) is 6.59. The van der Waals surface area contributed by atoms with Crippen LogP contribution in [0, 0.1) is 0 Å². The van der Waals surface area contributed by atoms with Crippen molar-refractivity contribution in [1.82, 2.24) is 9.88 Å². The minimum atomic E-state index is -0.0736. The van der Waals surface area contributed by atoms with Gasteiger partial charge in [-0.2, -0.15) is 0 Å². The number of amides is 1. The highest BCUT2D eigenvalue weighted by atomic mass is 16.3. The Bertz CT molecular complexity index is 835. The van der Waals surface area contributed by atoms with Gasteiger partial charge in [-0.25, -0.2) is 4.98 Å². The third kappa shape index (κ3) is 3.36. The number of oxazole rings is 1. The molecule has 1 amide bonds. The fraction of sp³-hybridized carbons (Fsp3) is 0.300. The zero-order valence-corrected chi connectivity index (χ0v) is 14.1. The molecule has 4 rings (SSSR count). The van der Waals surface area contributed by atoms with Gasteiger partial charge in [-0.05, 0) is 44.0 Å². The summed E-state index contributed by atoms with van der Waals surface area (Å²) >= 11 is 0. The van der Waals surface area contributed by atoms with Gasteiger partial charge in [0.05, 0.1) is 24.4 Å². The molecule has 1 saturated carbocycles. The van der Waals surface area contributed by atoms with Crippen molar-refractivity contribution in [2.24, 2.45) is 0 Å². The second-order valence-corrected chi connectivity index (χ2v) is 6.41. The first-order valence-corrected chi connectivity index (χ1v) is 8.57. The Labute approximate surface area is 146 Å². The SMILES string of the molecule is C[C@H](c1ccco1)N(C(=O)Cc1coc(-c2ccccc2)n1)C1CC1. The molecule has 5 heteroatoms. The minimum absolute atomic E-state index is 0.0549. The summed E-state index contributed by atoms with van der Waals surface area (Å²) in [6, 6.07) is 13.7. The maximum atomic E-state index is 12.9. The van der Waals surface area contributed by atoms with E-state index >= 15 is 0 Å². The fourth-order valence-electron chi connectivity index (χ4n) is 3.10. The van der Waals surface area contributed by atoms with E-state index in [2.05, 4.69) is 4.98 Å². The molecule has 0 aliphatic heterocycles. The van der Waals surface area contributed by atoms with Crippen molar-refractivity contribution in [2.75, 3.05) is 0 Å². The average molecular weight is 336 g/mol. The van der Waals surface area contributed by atoms with E-state index in [1.807, 2.05) is 54.3 Å². The standard InChI is InChI=1S/C20H20N2O3/c1-14(18-8-5-11-24-18)22(17-9-10-17)19(23)12-16-13-25-20(21-16)15-6-3-2-4-7-15/h2-8,11,13-14,17H,9-10,12H2,1H3/t14-/m1/s1. The smallest absolute Gasteiger partial charge is 0.229 e. The number of furan rings is 1. The number of hydrogen-bond acceptors (Lipinski definition) is 4. The Hall–Kier alpha value is -2.82. The van der Waals surface area contributed by atoms with Gasteiger partial charge in [-0.15, -0.1) is 0 Å². The van der Waals surface area contributed by atoms with Crippen molar-refractivity contribution in [1.29, 1.82) is 0 Å². The summed E-state index contributed by atoms with van der Waals surface area (Å²) in [6.45, 7) is 2.01. The normalized spacial score (nSPS) is 15.1. The first kappa shape index (κ1) is 15.7. The van der Waals surface area contributed by atoms with Crippen LogP contribution in [-0.2, 0) is 11.2 Å². The highest BCUT2D eigenvalue weighted by molar-refractivity contribution is 5.79. The molecule has 1 aliphatic carbocycles. The van der Waals surface area contributed by atoms with Gasteiger partial charge >= 0.3 is 0 Å². The number of aromatic nitrogens is 1. The van der Waals surface area contributed by atoms with Crippen LogP contribution in [-0.4, -0.2) is 21.8 Å². The van der Waals surface area contributed by atoms with Gasteiger partial charge in [0.1, 0.15) is 12.0 Å². The predicted octanol–water partition coefficient (Wildman–Crippen LogP) is 4.23. The largest absolute Gasteiger partial charge is 0.467 e. The molecule has 5 nitrogen and oxygen atoms in total. The Morgan fingerprint density at radius 3 is 2.68 bits per heavy atom. The Kier molecular flexibility index (Phi) is 4.14. The lowest BCUT2D eigenvalue weighted by Gasteiger charge is -2.27. The average Bonchev–Trinajstić information content (AvgIpc) is 3.13. The molecule has 0 spiro atoms. The summed E-state index contributed by atoms with van der Waals surface area (Å²) in [7, 11) is 0. The van der Waals surface area contributed by atoms with Crippen LogP contribution < -0.4 is 0 Å². The zero-order valence-electron chi connectivity index (χ0n) is 14.1. The Morgan fingerprint density at radius 1 is 1.20 bits per heavy atom. The van der Waals surface area contributed by atoms with Crippen molar-refractivity contribution in [2.45, 2.75) is 38.3 Å². The Balaban J connectivity index is 1.50. The van der Waals surface area contributed by atoms with Gasteiger partial charge in [0.2, 0.25) is 11.8 Å². The van der Waals surface area contributed by atoms with Crippen molar-refractivity contribution in [3.05, 3.63) is 66.4 Å². The van der Waals surface area contributed by atoms with Crippen LogP contribution in [0.15, 0.2) is 63.8 Å². The van der Waals surface area contributed by atoms with E-state index in [1.54, 1.807) is 12.5 Å². The van der Waals surface area contributed by atoms with Crippen molar-refractivity contribution < 1.29 is 13.6 Å². The number of carbonyl (C=O) groups excluding carboxylic acids is 1. The number of nitrogens with zero attached hydrogens (tertiary/aromatic N) is 2. The Morgan fingerprint density at radius 2 is 2.00 bits per heavy atom. The molecular formula is C20H20N2O3. The topological polar surface area (TPSA) is 59.5 Å². The molecule has 128 valence electrons. The van der Waals surface area contributed by atoms with Crippen molar-refractivity contribution in [3.63, 3.8) is 0 Å². The maximum absolute atomic E-state index is 12.9. The predicted molar refractivity (Wildman–Crippen MR) is 92.6 cm³/mol. The molecule has 0 bridgehead atoms. The first-order chi connectivity index (χ1) is 12.2. The summed E-state index contributed by atoms with van der Waals surface area (Å²) < 4.78 is 11.0. The fourth-order valence-corrected chi connectivity index (χ4v) is 3.10. The van der Waals surface area contributed by atoms with Crippen molar-refractivity contribution in [3.8, 4) is 11.5 Å². The molecular weight excluding hydrogens is 316 g/mol. The molecule has 0 N–H and O–H groups in total. The van der Waals surface area contributed by atoms with Gasteiger partial charge in [0.15, 0.2) is 0 Å². The minimum Gasteiger partial charge on any atom is -0.467 e. The number of rotatable bonds is 6. The molecule has 0 radical (unpaired) electrons. The van der Waals surface area contributed by atoms with Crippen LogP contribution in [0.2, 0.25) is 0 Å². The van der Waals surface area contributed by atoms with Crippen LogP contribution in [0.1, 0.15) is 37.3 Å². The van der Waals surface area contributed by atoms with E-state index in [9.17, 15) is 4.79 Å². The molecule has 25 heavy (non-hydrogen) atoms. The van der Waals surface area contributed by atoms with Gasteiger partial charge in [-0.1, -0.05) is 18.2 Å². The van der Waals surface area contributed by atoms with Crippen LogP contribution in [0.4, 0.5) is 0 Å².